The topological polar surface area (TPSA) is 110 Å². The first kappa shape index (κ1) is 15.8. The average molecular weight is 238 g/mol. The van der Waals surface area contributed by atoms with Gasteiger partial charge in [-0.3, -0.25) is 0 Å². The molecule has 0 aliphatic heterocycles. The molecule has 0 saturated carbocycles. The zero-order chi connectivity index (χ0) is 12.6. The van der Waals surface area contributed by atoms with E-state index in [1.165, 1.54) is 0 Å². The number of hydrogen-bond donors (Lipinski definition) is 5. The SMILES string of the molecule is CC(CO)C(CO)(CO)C(CO)OCCO. The third-order valence-electron chi connectivity index (χ3n) is 3.06. The van der Waals surface area contributed by atoms with Crippen molar-refractivity contribution in [3.8, 4) is 0 Å². The molecule has 5 N–H and O–H groups in total. The van der Waals surface area contributed by atoms with Crippen molar-refractivity contribution >= 4 is 0 Å². The molecule has 0 bridgehead atoms. The number of rotatable bonds is 9. The van der Waals surface area contributed by atoms with E-state index in [-0.39, 0.29) is 19.8 Å². The molecule has 0 aliphatic carbocycles. The molecule has 0 saturated heterocycles. The van der Waals surface area contributed by atoms with Crippen LogP contribution in [-0.2, 0) is 4.74 Å². The molecule has 0 amide bonds. The highest BCUT2D eigenvalue weighted by Crippen LogP contribution is 2.32. The molecule has 16 heavy (non-hydrogen) atoms. The lowest BCUT2D eigenvalue weighted by Gasteiger charge is -2.40. The van der Waals surface area contributed by atoms with Gasteiger partial charge in [-0.15, -0.1) is 0 Å². The van der Waals surface area contributed by atoms with E-state index in [0.717, 1.165) is 0 Å². The van der Waals surface area contributed by atoms with Crippen molar-refractivity contribution < 1.29 is 30.3 Å². The number of aliphatic hydroxyl groups is 5. The van der Waals surface area contributed by atoms with Crippen molar-refractivity contribution in [2.45, 2.75) is 13.0 Å². The fourth-order valence-electron chi connectivity index (χ4n) is 1.66. The van der Waals surface area contributed by atoms with Crippen molar-refractivity contribution in [1.82, 2.24) is 0 Å². The van der Waals surface area contributed by atoms with Crippen molar-refractivity contribution in [2.75, 3.05) is 39.6 Å². The highest BCUT2D eigenvalue weighted by Gasteiger charge is 2.43. The Morgan fingerprint density at radius 3 is 1.88 bits per heavy atom. The molecule has 6 nitrogen and oxygen atoms in total. The molecule has 0 spiro atoms. The molecule has 2 atom stereocenters. The fraction of sp³-hybridized carbons (Fsp3) is 1.00. The van der Waals surface area contributed by atoms with Crippen molar-refractivity contribution in [3.63, 3.8) is 0 Å². The van der Waals surface area contributed by atoms with Gasteiger partial charge in [0.1, 0.15) is 0 Å². The maximum atomic E-state index is 9.35. The van der Waals surface area contributed by atoms with E-state index < -0.39 is 37.3 Å². The quantitative estimate of drug-likeness (QED) is 0.316. The highest BCUT2D eigenvalue weighted by atomic mass is 16.5. The van der Waals surface area contributed by atoms with E-state index in [0.29, 0.717) is 0 Å². The van der Waals surface area contributed by atoms with E-state index in [1.807, 2.05) is 0 Å². The molecule has 0 aromatic heterocycles. The first-order valence-corrected chi connectivity index (χ1v) is 5.28. The van der Waals surface area contributed by atoms with Gasteiger partial charge in [0, 0.05) is 12.0 Å². The maximum absolute atomic E-state index is 9.35. The van der Waals surface area contributed by atoms with Gasteiger partial charge in [-0.2, -0.15) is 0 Å². The van der Waals surface area contributed by atoms with Gasteiger partial charge in [0.25, 0.3) is 0 Å². The largest absolute Gasteiger partial charge is 0.396 e. The molecule has 0 radical (unpaired) electrons. The number of ether oxygens (including phenoxy) is 1. The summed E-state index contributed by atoms with van der Waals surface area (Å²) in [4.78, 5) is 0. The van der Waals surface area contributed by atoms with Crippen LogP contribution in [0.1, 0.15) is 6.92 Å². The minimum absolute atomic E-state index is 0.00508. The van der Waals surface area contributed by atoms with Crippen LogP contribution in [0, 0.1) is 11.3 Å². The van der Waals surface area contributed by atoms with Gasteiger partial charge >= 0.3 is 0 Å². The van der Waals surface area contributed by atoms with Gasteiger partial charge in [-0.05, 0) is 5.92 Å². The third-order valence-corrected chi connectivity index (χ3v) is 3.06. The van der Waals surface area contributed by atoms with Crippen LogP contribution in [-0.4, -0.2) is 71.3 Å². The van der Waals surface area contributed by atoms with Crippen LogP contribution in [0.15, 0.2) is 0 Å². The standard InChI is InChI=1S/C10H22O6/c1-8(4-12)10(6-14,7-15)9(5-13)16-3-2-11/h8-9,11-15H,2-7H2,1H3. The molecule has 0 aromatic rings. The number of aliphatic hydroxyl groups excluding tert-OH is 5. The van der Waals surface area contributed by atoms with Crippen LogP contribution < -0.4 is 0 Å². The Morgan fingerprint density at radius 2 is 1.56 bits per heavy atom. The first-order chi connectivity index (χ1) is 7.62. The Kier molecular flexibility index (Phi) is 7.82. The zero-order valence-electron chi connectivity index (χ0n) is 9.54. The van der Waals surface area contributed by atoms with Crippen LogP contribution in [0.3, 0.4) is 0 Å². The summed E-state index contributed by atoms with van der Waals surface area (Å²) in [5, 5.41) is 45.6. The van der Waals surface area contributed by atoms with Gasteiger partial charge in [-0.25, -0.2) is 0 Å². The lowest BCUT2D eigenvalue weighted by molar-refractivity contribution is -0.144. The summed E-state index contributed by atoms with van der Waals surface area (Å²) >= 11 is 0. The van der Waals surface area contributed by atoms with Crippen molar-refractivity contribution in [1.29, 1.82) is 0 Å². The lowest BCUT2D eigenvalue weighted by atomic mass is 9.73. The molecule has 2 unspecified atom stereocenters. The van der Waals surface area contributed by atoms with Gasteiger partial charge in [-0.1, -0.05) is 6.92 Å². The maximum Gasteiger partial charge on any atom is 0.0910 e. The van der Waals surface area contributed by atoms with E-state index in [9.17, 15) is 15.3 Å². The predicted octanol–water partition coefficient (Wildman–Crippen LogP) is -2.04. The molecular formula is C10H22O6. The Balaban J connectivity index is 4.81. The molecule has 0 heterocycles. The third kappa shape index (κ3) is 3.38. The zero-order valence-corrected chi connectivity index (χ0v) is 9.54. The molecule has 0 rings (SSSR count). The monoisotopic (exact) mass is 238 g/mol. The van der Waals surface area contributed by atoms with Gasteiger partial charge in [0.2, 0.25) is 0 Å². The van der Waals surface area contributed by atoms with E-state index in [2.05, 4.69) is 0 Å². The summed E-state index contributed by atoms with van der Waals surface area (Å²) in [5.41, 5.74) is -1.11. The molecule has 0 aromatic carbocycles. The van der Waals surface area contributed by atoms with E-state index in [4.69, 9.17) is 14.9 Å². The summed E-state index contributed by atoms with van der Waals surface area (Å²) in [6.45, 7) is -0.0190. The fourth-order valence-corrected chi connectivity index (χ4v) is 1.66. The number of hydrogen-bond acceptors (Lipinski definition) is 6. The van der Waals surface area contributed by atoms with Crippen LogP contribution in [0.4, 0.5) is 0 Å². The second-order valence-corrected chi connectivity index (χ2v) is 3.90. The van der Waals surface area contributed by atoms with Gasteiger partial charge in [0.15, 0.2) is 0 Å². The Bertz CT molecular complexity index is 171. The summed E-state index contributed by atoms with van der Waals surface area (Å²) in [5.74, 6) is -0.432. The van der Waals surface area contributed by atoms with Crippen LogP contribution >= 0.6 is 0 Å². The van der Waals surface area contributed by atoms with Crippen LogP contribution in [0.5, 0.6) is 0 Å². The summed E-state index contributed by atoms with van der Waals surface area (Å²) in [6, 6.07) is 0. The van der Waals surface area contributed by atoms with Crippen LogP contribution in [0.2, 0.25) is 0 Å². The van der Waals surface area contributed by atoms with Crippen LogP contribution in [0.25, 0.3) is 0 Å². The molecule has 98 valence electrons. The Labute approximate surface area is 95.1 Å². The second-order valence-electron chi connectivity index (χ2n) is 3.90. The molecule has 0 fully saturated rings. The van der Waals surface area contributed by atoms with Gasteiger partial charge in [0.05, 0.1) is 39.1 Å². The summed E-state index contributed by atoms with van der Waals surface area (Å²) in [6.07, 6.45) is -0.822. The Morgan fingerprint density at radius 1 is 1.00 bits per heavy atom. The average Bonchev–Trinajstić information content (AvgIpc) is 2.34. The minimum Gasteiger partial charge on any atom is -0.396 e. The summed E-state index contributed by atoms with van der Waals surface area (Å²) in [7, 11) is 0. The van der Waals surface area contributed by atoms with Crippen molar-refractivity contribution in [2.24, 2.45) is 11.3 Å². The Hall–Kier alpha value is -0.240. The van der Waals surface area contributed by atoms with Crippen molar-refractivity contribution in [3.05, 3.63) is 0 Å². The normalized spacial score (nSPS) is 16.1. The molecule has 6 heteroatoms. The lowest BCUT2D eigenvalue weighted by Crippen LogP contribution is -2.51. The summed E-state index contributed by atoms with van der Waals surface area (Å²) < 4.78 is 5.18. The molecule has 0 aliphatic rings. The van der Waals surface area contributed by atoms with E-state index in [1.54, 1.807) is 6.92 Å². The predicted molar refractivity (Wildman–Crippen MR) is 56.8 cm³/mol. The van der Waals surface area contributed by atoms with E-state index >= 15 is 0 Å². The molecular weight excluding hydrogens is 216 g/mol. The minimum atomic E-state index is -1.11. The second kappa shape index (κ2) is 7.94. The smallest absolute Gasteiger partial charge is 0.0910 e. The highest BCUT2D eigenvalue weighted by molar-refractivity contribution is 4.90. The first-order valence-electron chi connectivity index (χ1n) is 5.28. The van der Waals surface area contributed by atoms with Gasteiger partial charge < -0.3 is 30.3 Å².